The maximum absolute atomic E-state index is 13.7. The van der Waals surface area contributed by atoms with Crippen molar-refractivity contribution in [2.24, 2.45) is 0 Å². The third-order valence-electron chi connectivity index (χ3n) is 6.27. The molecule has 1 aliphatic heterocycles. The van der Waals surface area contributed by atoms with Gasteiger partial charge in [0.25, 0.3) is 0 Å². The molecule has 0 spiro atoms. The van der Waals surface area contributed by atoms with Crippen molar-refractivity contribution in [3.63, 3.8) is 0 Å². The summed E-state index contributed by atoms with van der Waals surface area (Å²) >= 11 is 1.81. The Balaban J connectivity index is 1.37. The predicted molar refractivity (Wildman–Crippen MR) is 139 cm³/mol. The summed E-state index contributed by atoms with van der Waals surface area (Å²) in [7, 11) is 2.18. The predicted octanol–water partition coefficient (Wildman–Crippen LogP) is 4.10. The molecule has 184 valence electrons. The van der Waals surface area contributed by atoms with Crippen LogP contribution in [0.3, 0.4) is 0 Å². The zero-order chi connectivity index (χ0) is 24.2. The number of aromatic nitrogens is 5. The summed E-state index contributed by atoms with van der Waals surface area (Å²) in [5.74, 6) is 2.79. The number of thioether (sulfide) groups is 1. The first-order valence-electron chi connectivity index (χ1n) is 12.0. The molecular weight excluding hydrogens is 463 g/mol. The molecule has 1 aliphatic rings. The molecular formula is C25H31FN8S. The molecule has 0 aliphatic carbocycles. The van der Waals surface area contributed by atoms with Gasteiger partial charge in [-0.05, 0) is 62.5 Å². The van der Waals surface area contributed by atoms with E-state index in [0.717, 1.165) is 61.7 Å². The van der Waals surface area contributed by atoms with E-state index in [1.165, 1.54) is 12.1 Å². The summed E-state index contributed by atoms with van der Waals surface area (Å²) < 4.78 is 15.5. The van der Waals surface area contributed by atoms with Crippen LogP contribution in [0.1, 0.15) is 28.8 Å². The Kier molecular flexibility index (Phi) is 7.31. The van der Waals surface area contributed by atoms with Gasteiger partial charge in [0.1, 0.15) is 11.3 Å². The van der Waals surface area contributed by atoms with Crippen LogP contribution < -0.4 is 5.32 Å². The Morgan fingerprint density at radius 3 is 2.69 bits per heavy atom. The third-order valence-corrected chi connectivity index (χ3v) is 7.61. The second kappa shape index (κ2) is 10.8. The molecule has 1 aromatic carbocycles. The second-order valence-corrected chi connectivity index (χ2v) is 10.2. The van der Waals surface area contributed by atoms with Crippen LogP contribution in [0.5, 0.6) is 0 Å². The van der Waals surface area contributed by atoms with E-state index < -0.39 is 0 Å². The van der Waals surface area contributed by atoms with Crippen molar-refractivity contribution >= 4 is 28.9 Å². The van der Waals surface area contributed by atoms with Gasteiger partial charge in [-0.25, -0.2) is 13.9 Å². The van der Waals surface area contributed by atoms with E-state index in [2.05, 4.69) is 32.4 Å². The molecule has 1 saturated heterocycles. The van der Waals surface area contributed by atoms with Crippen molar-refractivity contribution in [3.05, 3.63) is 71.6 Å². The van der Waals surface area contributed by atoms with Crippen molar-refractivity contribution in [1.82, 2.24) is 34.6 Å². The molecule has 0 radical (unpaired) electrons. The maximum atomic E-state index is 13.7. The quantitative estimate of drug-likeness (QED) is 0.339. The number of hydrogen-bond acceptors (Lipinski definition) is 7. The summed E-state index contributed by atoms with van der Waals surface area (Å²) in [6.07, 6.45) is 3.00. The van der Waals surface area contributed by atoms with Gasteiger partial charge in [0.2, 0.25) is 0 Å². The number of aromatic amines is 1. The first-order chi connectivity index (χ1) is 17.0. The van der Waals surface area contributed by atoms with Gasteiger partial charge in [-0.2, -0.15) is 10.2 Å². The number of nitrogens with zero attached hydrogens (tertiary/aromatic N) is 6. The number of rotatable bonds is 9. The topological polar surface area (TPSA) is 77.4 Å². The van der Waals surface area contributed by atoms with Crippen molar-refractivity contribution in [2.75, 3.05) is 50.8 Å². The zero-order valence-corrected chi connectivity index (χ0v) is 20.9. The minimum atomic E-state index is -0.245. The third kappa shape index (κ3) is 5.83. The molecule has 10 heteroatoms. The first kappa shape index (κ1) is 23.8. The highest BCUT2D eigenvalue weighted by molar-refractivity contribution is 7.99. The molecule has 8 nitrogen and oxygen atoms in total. The lowest BCUT2D eigenvalue weighted by Crippen LogP contribution is -2.44. The molecule has 1 fully saturated rings. The van der Waals surface area contributed by atoms with Gasteiger partial charge in [-0.1, -0.05) is 12.1 Å². The Hall–Kier alpha value is -2.95. The SMILES string of the molecule is Cc1cc(Nc2nc(C(SCCCN3CCN(C)CC3)c3ccc(F)cc3)nn3cccc23)n[nH]1. The largest absolute Gasteiger partial charge is 0.322 e. The minimum absolute atomic E-state index is 0.114. The van der Waals surface area contributed by atoms with Gasteiger partial charge in [-0.3, -0.25) is 5.10 Å². The van der Waals surface area contributed by atoms with Gasteiger partial charge >= 0.3 is 0 Å². The molecule has 1 unspecified atom stereocenters. The van der Waals surface area contributed by atoms with Gasteiger partial charge in [0.15, 0.2) is 17.5 Å². The average Bonchev–Trinajstić information content (AvgIpc) is 3.50. The average molecular weight is 495 g/mol. The highest BCUT2D eigenvalue weighted by Crippen LogP contribution is 2.35. The summed E-state index contributed by atoms with van der Waals surface area (Å²) in [6.45, 7) is 7.54. The van der Waals surface area contributed by atoms with E-state index >= 15 is 0 Å². The van der Waals surface area contributed by atoms with Crippen LogP contribution in [-0.2, 0) is 0 Å². The first-order valence-corrected chi connectivity index (χ1v) is 13.0. The Bertz CT molecular complexity index is 1250. The molecule has 0 bridgehead atoms. The number of anilines is 2. The molecule has 0 saturated carbocycles. The number of fused-ring (bicyclic) bond motifs is 1. The van der Waals surface area contributed by atoms with Gasteiger partial charge < -0.3 is 15.1 Å². The molecule has 3 aromatic heterocycles. The lowest BCUT2D eigenvalue weighted by Gasteiger charge is -2.32. The van der Waals surface area contributed by atoms with Crippen molar-refractivity contribution in [2.45, 2.75) is 18.6 Å². The Morgan fingerprint density at radius 1 is 1.14 bits per heavy atom. The Morgan fingerprint density at radius 2 is 1.94 bits per heavy atom. The monoisotopic (exact) mass is 494 g/mol. The van der Waals surface area contributed by atoms with Crippen LogP contribution in [-0.4, -0.2) is 80.1 Å². The molecule has 1 atom stereocenters. The number of likely N-dealkylation sites (N-methyl/N-ethyl adjacent to an activating group) is 1. The van der Waals surface area contributed by atoms with E-state index in [1.807, 2.05) is 48.0 Å². The highest BCUT2D eigenvalue weighted by Gasteiger charge is 2.22. The van der Waals surface area contributed by atoms with Crippen LogP contribution in [0, 0.1) is 12.7 Å². The van der Waals surface area contributed by atoms with Gasteiger partial charge in [-0.15, -0.1) is 11.8 Å². The van der Waals surface area contributed by atoms with Crippen LogP contribution >= 0.6 is 11.8 Å². The van der Waals surface area contributed by atoms with E-state index in [4.69, 9.17) is 10.1 Å². The molecule has 5 rings (SSSR count). The number of piperazine rings is 1. The van der Waals surface area contributed by atoms with Crippen LogP contribution in [0.2, 0.25) is 0 Å². The minimum Gasteiger partial charge on any atom is -0.322 e. The van der Waals surface area contributed by atoms with E-state index in [0.29, 0.717) is 17.5 Å². The smallest absolute Gasteiger partial charge is 0.169 e. The fraction of sp³-hybridized carbons (Fsp3) is 0.400. The number of benzene rings is 1. The van der Waals surface area contributed by atoms with Gasteiger partial charge in [0, 0.05) is 44.1 Å². The zero-order valence-electron chi connectivity index (χ0n) is 20.1. The molecule has 0 amide bonds. The summed E-state index contributed by atoms with van der Waals surface area (Å²) in [6, 6.07) is 12.5. The van der Waals surface area contributed by atoms with E-state index in [1.54, 1.807) is 11.8 Å². The molecule has 4 aromatic rings. The summed E-state index contributed by atoms with van der Waals surface area (Å²) in [4.78, 5) is 9.83. The molecule has 35 heavy (non-hydrogen) atoms. The molecule has 2 N–H and O–H groups in total. The normalized spacial score (nSPS) is 16.1. The lowest BCUT2D eigenvalue weighted by molar-refractivity contribution is 0.154. The van der Waals surface area contributed by atoms with E-state index in [-0.39, 0.29) is 11.1 Å². The fourth-order valence-electron chi connectivity index (χ4n) is 4.28. The van der Waals surface area contributed by atoms with Crippen LogP contribution in [0.15, 0.2) is 48.7 Å². The summed E-state index contributed by atoms with van der Waals surface area (Å²) in [5, 5.41) is 15.3. The standard InChI is InChI=1S/C25H31FN8S/c1-18-17-22(30-29-18)27-24-21-5-3-11-34(21)31-25(28-24)23(19-6-8-20(26)9-7-19)35-16-4-10-33-14-12-32(2)13-15-33/h3,5-9,11,17,23H,4,10,12-16H2,1-2H3,(H2,27,28,29,30,31). The van der Waals surface area contributed by atoms with Crippen molar-refractivity contribution in [3.8, 4) is 0 Å². The second-order valence-electron chi connectivity index (χ2n) is 9.02. The van der Waals surface area contributed by atoms with E-state index in [9.17, 15) is 4.39 Å². The van der Waals surface area contributed by atoms with Crippen molar-refractivity contribution < 1.29 is 4.39 Å². The van der Waals surface area contributed by atoms with Crippen molar-refractivity contribution in [1.29, 1.82) is 0 Å². The van der Waals surface area contributed by atoms with Gasteiger partial charge in [0.05, 0.1) is 5.25 Å². The Labute approximate surface area is 208 Å². The van der Waals surface area contributed by atoms with Crippen LogP contribution in [0.4, 0.5) is 16.0 Å². The highest BCUT2D eigenvalue weighted by atomic mass is 32.2. The molecule has 4 heterocycles. The number of H-pyrrole nitrogens is 1. The number of nitrogens with one attached hydrogen (secondary N) is 2. The number of hydrogen-bond donors (Lipinski definition) is 2. The summed E-state index contributed by atoms with van der Waals surface area (Å²) in [5.41, 5.74) is 2.82. The van der Waals surface area contributed by atoms with Crippen LogP contribution in [0.25, 0.3) is 5.52 Å². The number of halogens is 1. The number of aryl methyl sites for hydroxylation is 1. The maximum Gasteiger partial charge on any atom is 0.169 e. The lowest BCUT2D eigenvalue weighted by atomic mass is 10.1. The fourth-order valence-corrected chi connectivity index (χ4v) is 5.41.